The molecule has 0 spiro atoms. The lowest BCUT2D eigenvalue weighted by atomic mass is 9.96. The second-order valence-corrected chi connectivity index (χ2v) is 5.49. The number of piperazine rings is 1. The number of carbonyl (C=O) groups is 1. The number of anilines is 1. The topological polar surface area (TPSA) is 44.4 Å². The molecule has 2 rings (SSSR count). The van der Waals surface area contributed by atoms with Crippen LogP contribution < -0.4 is 15.5 Å². The van der Waals surface area contributed by atoms with Crippen LogP contribution in [0.4, 0.5) is 10.1 Å². The molecule has 1 aliphatic heterocycles. The monoisotopic (exact) mass is 279 g/mol. The van der Waals surface area contributed by atoms with Crippen molar-refractivity contribution in [2.45, 2.75) is 32.9 Å². The molecule has 1 fully saturated rings. The molecule has 4 nitrogen and oxygen atoms in total. The first-order chi connectivity index (χ1) is 9.48. The number of benzene rings is 1. The third kappa shape index (κ3) is 2.63. The van der Waals surface area contributed by atoms with Gasteiger partial charge in [0.25, 0.3) is 0 Å². The fourth-order valence-corrected chi connectivity index (χ4v) is 2.56. The molecule has 110 valence electrons. The molecular weight excluding hydrogens is 257 g/mol. The third-order valence-corrected chi connectivity index (χ3v) is 3.76. The standard InChI is InChI=1S/C15H22FN3O/c1-4-17-10-11-6-5-7-12(16)13(11)19-9-8-18-14(20)15(19,2)3/h5-7,17H,4,8-10H2,1-3H3,(H,18,20). The first-order valence-electron chi connectivity index (χ1n) is 7.02. The maximum absolute atomic E-state index is 14.3. The highest BCUT2D eigenvalue weighted by molar-refractivity contribution is 5.90. The third-order valence-electron chi connectivity index (χ3n) is 3.76. The van der Waals surface area contributed by atoms with Gasteiger partial charge in [0.15, 0.2) is 0 Å². The summed E-state index contributed by atoms with van der Waals surface area (Å²) < 4.78 is 14.3. The van der Waals surface area contributed by atoms with Gasteiger partial charge in [-0.1, -0.05) is 19.1 Å². The van der Waals surface area contributed by atoms with Gasteiger partial charge in [-0.05, 0) is 32.0 Å². The van der Waals surface area contributed by atoms with Crippen LogP contribution in [0.2, 0.25) is 0 Å². The van der Waals surface area contributed by atoms with Gasteiger partial charge in [-0.15, -0.1) is 0 Å². The Morgan fingerprint density at radius 3 is 2.90 bits per heavy atom. The largest absolute Gasteiger partial charge is 0.353 e. The summed E-state index contributed by atoms with van der Waals surface area (Å²) in [5.74, 6) is -0.343. The Balaban J connectivity index is 2.42. The fraction of sp³-hybridized carbons (Fsp3) is 0.533. The Hall–Kier alpha value is -1.62. The molecule has 1 saturated heterocycles. The highest BCUT2D eigenvalue weighted by atomic mass is 19.1. The van der Waals surface area contributed by atoms with Crippen LogP contribution in [-0.2, 0) is 11.3 Å². The van der Waals surface area contributed by atoms with Crippen LogP contribution in [0.25, 0.3) is 0 Å². The maximum Gasteiger partial charge on any atom is 0.245 e. The van der Waals surface area contributed by atoms with Crippen LogP contribution in [0.5, 0.6) is 0 Å². The van der Waals surface area contributed by atoms with Crippen LogP contribution in [-0.4, -0.2) is 31.1 Å². The molecule has 0 bridgehead atoms. The summed E-state index contributed by atoms with van der Waals surface area (Å²) in [5, 5.41) is 6.05. The van der Waals surface area contributed by atoms with Crippen molar-refractivity contribution in [2.24, 2.45) is 0 Å². The van der Waals surface area contributed by atoms with E-state index in [1.807, 2.05) is 31.7 Å². The molecular formula is C15H22FN3O. The molecule has 1 amide bonds. The van der Waals surface area contributed by atoms with E-state index in [1.54, 1.807) is 6.07 Å². The van der Waals surface area contributed by atoms with Crippen LogP contribution in [0, 0.1) is 5.82 Å². The van der Waals surface area contributed by atoms with E-state index in [-0.39, 0.29) is 11.7 Å². The van der Waals surface area contributed by atoms with Gasteiger partial charge >= 0.3 is 0 Å². The van der Waals surface area contributed by atoms with E-state index < -0.39 is 5.54 Å². The lowest BCUT2D eigenvalue weighted by molar-refractivity contribution is -0.126. The van der Waals surface area contributed by atoms with Gasteiger partial charge in [-0.2, -0.15) is 0 Å². The summed E-state index contributed by atoms with van der Waals surface area (Å²) in [6.45, 7) is 8.22. The summed E-state index contributed by atoms with van der Waals surface area (Å²) >= 11 is 0. The summed E-state index contributed by atoms with van der Waals surface area (Å²) in [6.07, 6.45) is 0. The number of halogens is 1. The molecule has 1 heterocycles. The second kappa shape index (κ2) is 5.79. The predicted molar refractivity (Wildman–Crippen MR) is 78.2 cm³/mol. The van der Waals surface area contributed by atoms with Crippen molar-refractivity contribution < 1.29 is 9.18 Å². The Bertz CT molecular complexity index is 502. The number of amides is 1. The van der Waals surface area contributed by atoms with Crippen molar-refractivity contribution in [3.8, 4) is 0 Å². The first-order valence-corrected chi connectivity index (χ1v) is 7.02. The van der Waals surface area contributed by atoms with Crippen LogP contribution in [0.3, 0.4) is 0 Å². The van der Waals surface area contributed by atoms with Crippen molar-refractivity contribution in [2.75, 3.05) is 24.5 Å². The van der Waals surface area contributed by atoms with E-state index in [4.69, 9.17) is 0 Å². The lowest BCUT2D eigenvalue weighted by Crippen LogP contribution is -2.62. The number of rotatable bonds is 4. The van der Waals surface area contributed by atoms with Gasteiger partial charge in [0.2, 0.25) is 5.91 Å². The van der Waals surface area contributed by atoms with E-state index in [0.29, 0.717) is 25.3 Å². The highest BCUT2D eigenvalue weighted by Crippen LogP contribution is 2.31. The molecule has 1 aliphatic rings. The summed E-state index contributed by atoms with van der Waals surface area (Å²) in [6, 6.07) is 5.07. The Morgan fingerprint density at radius 2 is 2.20 bits per heavy atom. The highest BCUT2D eigenvalue weighted by Gasteiger charge is 2.39. The number of nitrogens with one attached hydrogen (secondary N) is 2. The molecule has 0 radical (unpaired) electrons. The first kappa shape index (κ1) is 14.8. The predicted octanol–water partition coefficient (Wildman–Crippen LogP) is 1.65. The molecule has 1 aromatic rings. The normalized spacial score (nSPS) is 18.0. The molecule has 0 aromatic heterocycles. The quantitative estimate of drug-likeness (QED) is 0.881. The SMILES string of the molecule is CCNCc1cccc(F)c1N1CCNC(=O)C1(C)C. The number of carbonyl (C=O) groups excluding carboxylic acids is 1. The van der Waals surface area contributed by atoms with Gasteiger partial charge in [0.1, 0.15) is 11.4 Å². The van der Waals surface area contributed by atoms with Gasteiger partial charge in [-0.25, -0.2) is 4.39 Å². The van der Waals surface area contributed by atoms with Gasteiger partial charge in [0, 0.05) is 19.6 Å². The van der Waals surface area contributed by atoms with Gasteiger partial charge < -0.3 is 15.5 Å². The summed E-state index contributed by atoms with van der Waals surface area (Å²) in [7, 11) is 0. The van der Waals surface area contributed by atoms with E-state index >= 15 is 0 Å². The van der Waals surface area contributed by atoms with Crippen molar-refractivity contribution in [3.05, 3.63) is 29.6 Å². The number of hydrogen-bond acceptors (Lipinski definition) is 3. The Labute approximate surface area is 119 Å². The van der Waals surface area contributed by atoms with Crippen molar-refractivity contribution >= 4 is 11.6 Å². The van der Waals surface area contributed by atoms with E-state index in [0.717, 1.165) is 12.1 Å². The molecule has 0 aliphatic carbocycles. The number of hydrogen-bond donors (Lipinski definition) is 2. The van der Waals surface area contributed by atoms with Crippen LogP contribution >= 0.6 is 0 Å². The zero-order chi connectivity index (χ0) is 14.8. The lowest BCUT2D eigenvalue weighted by Gasteiger charge is -2.43. The van der Waals surface area contributed by atoms with Gasteiger partial charge in [-0.3, -0.25) is 4.79 Å². The Kier molecular flexibility index (Phi) is 4.28. The minimum Gasteiger partial charge on any atom is -0.353 e. The summed E-state index contributed by atoms with van der Waals surface area (Å²) in [5.41, 5.74) is 0.671. The minimum absolute atomic E-state index is 0.0681. The van der Waals surface area contributed by atoms with Crippen LogP contribution in [0.1, 0.15) is 26.3 Å². The second-order valence-electron chi connectivity index (χ2n) is 5.49. The number of para-hydroxylation sites is 1. The number of nitrogens with zero attached hydrogens (tertiary/aromatic N) is 1. The molecule has 20 heavy (non-hydrogen) atoms. The van der Waals surface area contributed by atoms with E-state index in [9.17, 15) is 9.18 Å². The fourth-order valence-electron chi connectivity index (χ4n) is 2.56. The zero-order valence-corrected chi connectivity index (χ0v) is 12.3. The molecule has 0 atom stereocenters. The van der Waals surface area contributed by atoms with Gasteiger partial charge in [0.05, 0.1) is 5.69 Å². The average molecular weight is 279 g/mol. The smallest absolute Gasteiger partial charge is 0.245 e. The molecule has 1 aromatic carbocycles. The van der Waals surface area contributed by atoms with E-state index in [2.05, 4.69) is 10.6 Å². The van der Waals surface area contributed by atoms with E-state index in [1.165, 1.54) is 6.07 Å². The molecule has 5 heteroatoms. The maximum atomic E-state index is 14.3. The average Bonchev–Trinajstić information content (AvgIpc) is 2.40. The molecule has 2 N–H and O–H groups in total. The van der Waals surface area contributed by atoms with Crippen molar-refractivity contribution in [1.82, 2.24) is 10.6 Å². The molecule has 0 saturated carbocycles. The summed E-state index contributed by atoms with van der Waals surface area (Å²) in [4.78, 5) is 13.9. The van der Waals surface area contributed by atoms with Crippen molar-refractivity contribution in [1.29, 1.82) is 0 Å². The van der Waals surface area contributed by atoms with Crippen molar-refractivity contribution in [3.63, 3.8) is 0 Å². The van der Waals surface area contributed by atoms with Crippen LogP contribution in [0.15, 0.2) is 18.2 Å². The molecule has 0 unspecified atom stereocenters. The minimum atomic E-state index is -0.749. The Morgan fingerprint density at radius 1 is 1.45 bits per heavy atom. The zero-order valence-electron chi connectivity index (χ0n) is 12.3.